The highest BCUT2D eigenvalue weighted by Gasteiger charge is 2.27. The molecule has 1 heterocycles. The van der Waals surface area contributed by atoms with E-state index in [2.05, 4.69) is 31.3 Å². The van der Waals surface area contributed by atoms with Gasteiger partial charge in [-0.1, -0.05) is 13.3 Å². The van der Waals surface area contributed by atoms with Gasteiger partial charge >= 0.3 is 5.97 Å². The Hall–Kier alpha value is -0.870. The Balaban J connectivity index is 1.91. The van der Waals surface area contributed by atoms with Gasteiger partial charge in [0, 0.05) is 21.8 Å². The van der Waals surface area contributed by atoms with Crippen LogP contribution in [-0.4, -0.2) is 17.1 Å². The number of carboxylic acid groups (broad SMARTS) is 1. The van der Waals surface area contributed by atoms with Crippen molar-refractivity contribution < 1.29 is 9.90 Å². The third-order valence-corrected chi connectivity index (χ3v) is 5.38. The Kier molecular flexibility index (Phi) is 4.99. The first-order valence-corrected chi connectivity index (χ1v) is 7.99. The van der Waals surface area contributed by atoms with Crippen molar-refractivity contribution in [3.8, 4) is 0 Å². The van der Waals surface area contributed by atoms with Crippen molar-refractivity contribution in [1.82, 2.24) is 5.32 Å². The van der Waals surface area contributed by atoms with Gasteiger partial charge in [0.1, 0.15) is 0 Å². The van der Waals surface area contributed by atoms with Gasteiger partial charge in [-0.15, -0.1) is 11.3 Å². The number of aryl methyl sites for hydroxylation is 1. The van der Waals surface area contributed by atoms with Gasteiger partial charge in [0.25, 0.3) is 0 Å². The van der Waals surface area contributed by atoms with E-state index in [1.165, 1.54) is 9.75 Å². The lowest BCUT2D eigenvalue weighted by atomic mass is 9.85. The van der Waals surface area contributed by atoms with Crippen LogP contribution in [-0.2, 0) is 11.2 Å². The Bertz CT molecular complexity index is 430. The summed E-state index contributed by atoms with van der Waals surface area (Å²) in [5.41, 5.74) is 0. The van der Waals surface area contributed by atoms with Crippen LogP contribution in [0.5, 0.6) is 0 Å². The summed E-state index contributed by atoms with van der Waals surface area (Å²) in [5, 5.41) is 12.7. The standard InChI is InChI=1S/C15H23NO2S/c1-3-13-7-8-14(19-13)10(2)16-12-6-4-5-11(9-12)15(17)18/h7-8,10-12,16H,3-6,9H2,1-2H3,(H,17,18). The predicted molar refractivity (Wildman–Crippen MR) is 78.6 cm³/mol. The molecule has 1 aliphatic carbocycles. The molecule has 1 aromatic rings. The molecule has 3 atom stereocenters. The molecule has 0 aromatic carbocycles. The number of hydrogen-bond donors (Lipinski definition) is 2. The molecule has 0 radical (unpaired) electrons. The van der Waals surface area contributed by atoms with E-state index in [0.717, 1.165) is 32.1 Å². The fourth-order valence-corrected chi connectivity index (χ4v) is 3.78. The van der Waals surface area contributed by atoms with Crippen LogP contribution in [0.4, 0.5) is 0 Å². The summed E-state index contributed by atoms with van der Waals surface area (Å²) in [4.78, 5) is 13.8. The van der Waals surface area contributed by atoms with Gasteiger partial charge in [-0.05, 0) is 44.7 Å². The summed E-state index contributed by atoms with van der Waals surface area (Å²) in [6.45, 7) is 4.35. The van der Waals surface area contributed by atoms with Crippen LogP contribution in [0.15, 0.2) is 12.1 Å². The number of thiophene rings is 1. The highest BCUT2D eigenvalue weighted by atomic mass is 32.1. The molecular formula is C15H23NO2S. The van der Waals surface area contributed by atoms with Crippen LogP contribution in [0.1, 0.15) is 55.3 Å². The zero-order valence-corrected chi connectivity index (χ0v) is 12.5. The maximum atomic E-state index is 11.1. The number of rotatable bonds is 5. The molecule has 2 N–H and O–H groups in total. The molecule has 1 fully saturated rings. The van der Waals surface area contributed by atoms with Gasteiger partial charge in [-0.2, -0.15) is 0 Å². The Morgan fingerprint density at radius 1 is 1.53 bits per heavy atom. The molecule has 4 heteroatoms. The van der Waals surface area contributed by atoms with Crippen LogP contribution in [0.25, 0.3) is 0 Å². The van der Waals surface area contributed by atoms with Gasteiger partial charge in [0.15, 0.2) is 0 Å². The van der Waals surface area contributed by atoms with Crippen LogP contribution < -0.4 is 5.32 Å². The Morgan fingerprint density at radius 3 is 2.95 bits per heavy atom. The summed E-state index contributed by atoms with van der Waals surface area (Å²) in [5.74, 6) is -0.795. The third-order valence-electron chi connectivity index (χ3n) is 3.97. The number of carboxylic acids is 1. The molecule has 3 nitrogen and oxygen atoms in total. The second-order valence-electron chi connectivity index (χ2n) is 5.44. The average molecular weight is 281 g/mol. The molecule has 106 valence electrons. The smallest absolute Gasteiger partial charge is 0.306 e. The Morgan fingerprint density at radius 2 is 2.32 bits per heavy atom. The van der Waals surface area contributed by atoms with E-state index in [4.69, 9.17) is 5.11 Å². The summed E-state index contributed by atoms with van der Waals surface area (Å²) in [6.07, 6.45) is 4.81. The van der Waals surface area contributed by atoms with Crippen molar-refractivity contribution in [3.63, 3.8) is 0 Å². The van der Waals surface area contributed by atoms with E-state index in [9.17, 15) is 4.79 Å². The first-order chi connectivity index (χ1) is 9.10. The molecule has 2 rings (SSSR count). The molecule has 0 saturated heterocycles. The second kappa shape index (κ2) is 6.53. The fourth-order valence-electron chi connectivity index (χ4n) is 2.82. The van der Waals surface area contributed by atoms with Crippen molar-refractivity contribution in [3.05, 3.63) is 21.9 Å². The summed E-state index contributed by atoms with van der Waals surface area (Å²) in [7, 11) is 0. The molecule has 19 heavy (non-hydrogen) atoms. The molecule has 0 amide bonds. The van der Waals surface area contributed by atoms with E-state index in [0.29, 0.717) is 12.1 Å². The quantitative estimate of drug-likeness (QED) is 0.867. The molecule has 0 spiro atoms. The average Bonchev–Trinajstić information content (AvgIpc) is 2.88. The van der Waals surface area contributed by atoms with E-state index in [1.807, 2.05) is 11.3 Å². The zero-order valence-electron chi connectivity index (χ0n) is 11.7. The lowest BCUT2D eigenvalue weighted by Gasteiger charge is -2.29. The van der Waals surface area contributed by atoms with Gasteiger partial charge < -0.3 is 10.4 Å². The normalized spacial score (nSPS) is 25.2. The van der Waals surface area contributed by atoms with Crippen LogP contribution in [0, 0.1) is 5.92 Å². The summed E-state index contributed by atoms with van der Waals surface area (Å²) < 4.78 is 0. The van der Waals surface area contributed by atoms with Gasteiger partial charge in [0.2, 0.25) is 0 Å². The van der Waals surface area contributed by atoms with Crippen LogP contribution in [0.2, 0.25) is 0 Å². The first-order valence-electron chi connectivity index (χ1n) is 7.17. The summed E-state index contributed by atoms with van der Waals surface area (Å²) in [6, 6.07) is 5.05. The van der Waals surface area contributed by atoms with Gasteiger partial charge in [-0.25, -0.2) is 0 Å². The van der Waals surface area contributed by atoms with Crippen molar-refractivity contribution in [1.29, 1.82) is 0 Å². The lowest BCUT2D eigenvalue weighted by Crippen LogP contribution is -2.37. The molecule has 0 aliphatic heterocycles. The van der Waals surface area contributed by atoms with Gasteiger partial charge in [0.05, 0.1) is 5.92 Å². The van der Waals surface area contributed by atoms with E-state index < -0.39 is 5.97 Å². The Labute approximate surface area is 119 Å². The van der Waals surface area contributed by atoms with E-state index in [-0.39, 0.29) is 5.92 Å². The van der Waals surface area contributed by atoms with Crippen molar-refractivity contribution in [2.75, 3.05) is 0 Å². The number of nitrogens with one attached hydrogen (secondary N) is 1. The predicted octanol–water partition coefficient (Wildman–Crippen LogP) is 3.60. The number of hydrogen-bond acceptors (Lipinski definition) is 3. The lowest BCUT2D eigenvalue weighted by molar-refractivity contribution is -0.143. The second-order valence-corrected chi connectivity index (χ2v) is 6.64. The minimum absolute atomic E-state index is 0.159. The maximum absolute atomic E-state index is 11.1. The molecular weight excluding hydrogens is 258 g/mol. The SMILES string of the molecule is CCc1ccc(C(C)NC2CCCC(C(=O)O)C2)s1. The van der Waals surface area contributed by atoms with E-state index in [1.54, 1.807) is 0 Å². The van der Waals surface area contributed by atoms with E-state index >= 15 is 0 Å². The highest BCUT2D eigenvalue weighted by molar-refractivity contribution is 7.12. The minimum atomic E-state index is -0.636. The topological polar surface area (TPSA) is 49.3 Å². The monoisotopic (exact) mass is 281 g/mol. The molecule has 0 bridgehead atoms. The van der Waals surface area contributed by atoms with Crippen LogP contribution in [0.3, 0.4) is 0 Å². The highest BCUT2D eigenvalue weighted by Crippen LogP contribution is 2.28. The van der Waals surface area contributed by atoms with Crippen molar-refractivity contribution in [2.45, 2.75) is 58.0 Å². The van der Waals surface area contributed by atoms with Crippen LogP contribution >= 0.6 is 11.3 Å². The largest absolute Gasteiger partial charge is 0.481 e. The first kappa shape index (κ1) is 14.5. The third kappa shape index (κ3) is 3.80. The minimum Gasteiger partial charge on any atom is -0.481 e. The number of aliphatic carboxylic acids is 1. The fraction of sp³-hybridized carbons (Fsp3) is 0.667. The molecule has 1 aliphatic rings. The van der Waals surface area contributed by atoms with Gasteiger partial charge in [-0.3, -0.25) is 4.79 Å². The zero-order chi connectivity index (χ0) is 13.8. The summed E-state index contributed by atoms with van der Waals surface area (Å²) >= 11 is 1.86. The molecule has 3 unspecified atom stereocenters. The molecule has 1 saturated carbocycles. The number of carbonyl (C=O) groups is 1. The molecule has 1 aromatic heterocycles. The van der Waals surface area contributed by atoms with Crippen molar-refractivity contribution in [2.24, 2.45) is 5.92 Å². The maximum Gasteiger partial charge on any atom is 0.306 e. The van der Waals surface area contributed by atoms with Crippen molar-refractivity contribution >= 4 is 17.3 Å².